The zero-order valence-electron chi connectivity index (χ0n) is 21.9. The van der Waals surface area contributed by atoms with Gasteiger partial charge in [-0.2, -0.15) is 5.26 Å². The van der Waals surface area contributed by atoms with E-state index in [1.54, 1.807) is 6.07 Å². The molecule has 8 nitrogen and oxygen atoms in total. The Kier molecular flexibility index (Phi) is 7.80. The number of aliphatic hydroxyl groups is 1. The Morgan fingerprint density at radius 2 is 1.56 bits per heavy atom. The van der Waals surface area contributed by atoms with E-state index in [0.717, 1.165) is 55.2 Å². The number of hydrogen-bond acceptors (Lipinski definition) is 6. The molecule has 8 heteroatoms. The van der Waals surface area contributed by atoms with Gasteiger partial charge in [-0.1, -0.05) is 0 Å². The minimum absolute atomic E-state index is 0.154. The summed E-state index contributed by atoms with van der Waals surface area (Å²) in [5.74, 6) is -0.154. The van der Waals surface area contributed by atoms with Gasteiger partial charge in [0.15, 0.2) is 0 Å². The number of anilines is 6. The maximum Gasteiger partial charge on any atom is 0.272 e. The van der Waals surface area contributed by atoms with Gasteiger partial charge < -0.3 is 30.5 Å². The SMILES string of the molecule is CCn1cccc1C(=O)Nc1ccc(Nc2ccc(Nc3ccc(N4CCC(O)CC4)cc3)cc2C#N)cc1. The summed E-state index contributed by atoms with van der Waals surface area (Å²) in [6.45, 7) is 4.44. The van der Waals surface area contributed by atoms with Crippen LogP contribution >= 0.6 is 0 Å². The number of aryl methyl sites for hydroxylation is 1. The van der Waals surface area contributed by atoms with Crippen molar-refractivity contribution in [2.24, 2.45) is 0 Å². The van der Waals surface area contributed by atoms with Crippen LogP contribution in [0, 0.1) is 11.3 Å². The molecule has 1 aliphatic heterocycles. The third-order valence-electron chi connectivity index (χ3n) is 6.95. The predicted octanol–water partition coefficient (Wildman–Crippen LogP) is 6.08. The number of nitriles is 1. The van der Waals surface area contributed by atoms with Crippen LogP contribution in [0.25, 0.3) is 0 Å². The van der Waals surface area contributed by atoms with Crippen molar-refractivity contribution in [2.75, 3.05) is 33.9 Å². The summed E-state index contributed by atoms with van der Waals surface area (Å²) in [6, 6.07) is 27.2. The molecule has 1 saturated heterocycles. The van der Waals surface area contributed by atoms with Crippen LogP contribution in [0.3, 0.4) is 0 Å². The topological polar surface area (TPSA) is 105 Å². The molecule has 4 N–H and O–H groups in total. The van der Waals surface area contributed by atoms with Crippen LogP contribution < -0.4 is 20.9 Å². The number of aliphatic hydroxyl groups excluding tert-OH is 1. The number of rotatable bonds is 8. The first-order valence-electron chi connectivity index (χ1n) is 13.2. The summed E-state index contributed by atoms with van der Waals surface area (Å²) in [4.78, 5) is 14.9. The Bertz CT molecular complexity index is 1460. The number of hydrogen-bond donors (Lipinski definition) is 4. The Hall–Kier alpha value is -4.74. The van der Waals surface area contributed by atoms with Crippen molar-refractivity contribution in [1.82, 2.24) is 4.57 Å². The van der Waals surface area contributed by atoms with Gasteiger partial charge >= 0.3 is 0 Å². The average molecular weight is 521 g/mol. The molecular weight excluding hydrogens is 488 g/mol. The maximum atomic E-state index is 12.6. The number of amides is 1. The van der Waals surface area contributed by atoms with Gasteiger partial charge in [0.25, 0.3) is 5.91 Å². The number of piperidine rings is 1. The van der Waals surface area contributed by atoms with Gasteiger partial charge in [0.2, 0.25) is 0 Å². The van der Waals surface area contributed by atoms with E-state index in [1.807, 2.05) is 78.4 Å². The Morgan fingerprint density at radius 3 is 2.26 bits per heavy atom. The van der Waals surface area contributed by atoms with E-state index < -0.39 is 0 Å². The highest BCUT2D eigenvalue weighted by molar-refractivity contribution is 6.03. The molecule has 0 aliphatic carbocycles. The second kappa shape index (κ2) is 11.8. The van der Waals surface area contributed by atoms with Gasteiger partial charge in [0.1, 0.15) is 11.8 Å². The fraction of sp³-hybridized carbons (Fsp3) is 0.226. The van der Waals surface area contributed by atoms with Crippen LogP contribution in [0.1, 0.15) is 35.8 Å². The zero-order chi connectivity index (χ0) is 27.2. The third kappa shape index (κ3) is 6.22. The molecule has 0 saturated carbocycles. The molecule has 0 unspecified atom stereocenters. The van der Waals surface area contributed by atoms with Crippen LogP contribution in [0.4, 0.5) is 34.1 Å². The number of nitrogens with one attached hydrogen (secondary N) is 3. The normalized spacial score (nSPS) is 13.5. The van der Waals surface area contributed by atoms with E-state index in [1.165, 1.54) is 0 Å². The molecule has 4 aromatic rings. The van der Waals surface area contributed by atoms with Gasteiger partial charge in [-0.15, -0.1) is 0 Å². The first kappa shape index (κ1) is 25.9. The Balaban J connectivity index is 1.20. The first-order valence-corrected chi connectivity index (χ1v) is 13.2. The molecule has 5 rings (SSSR count). The largest absolute Gasteiger partial charge is 0.393 e. The molecule has 3 aromatic carbocycles. The van der Waals surface area contributed by atoms with E-state index in [-0.39, 0.29) is 12.0 Å². The molecule has 0 spiro atoms. The molecule has 0 bridgehead atoms. The predicted molar refractivity (Wildman–Crippen MR) is 156 cm³/mol. The highest BCUT2D eigenvalue weighted by Gasteiger charge is 2.17. The van der Waals surface area contributed by atoms with Gasteiger partial charge in [0.05, 0.1) is 17.4 Å². The van der Waals surface area contributed by atoms with Crippen molar-refractivity contribution < 1.29 is 9.90 Å². The molecule has 2 heterocycles. The fourth-order valence-electron chi connectivity index (χ4n) is 4.75. The minimum atomic E-state index is -0.189. The van der Waals surface area contributed by atoms with Crippen molar-refractivity contribution in [3.8, 4) is 6.07 Å². The lowest BCUT2D eigenvalue weighted by molar-refractivity contribution is 0.101. The second-order valence-corrected chi connectivity index (χ2v) is 9.60. The average Bonchev–Trinajstić information content (AvgIpc) is 3.45. The number of carbonyl (C=O) groups is 1. The van der Waals surface area contributed by atoms with Crippen molar-refractivity contribution in [1.29, 1.82) is 5.26 Å². The third-order valence-corrected chi connectivity index (χ3v) is 6.95. The van der Waals surface area contributed by atoms with Crippen LogP contribution in [0.15, 0.2) is 85.1 Å². The van der Waals surface area contributed by atoms with E-state index in [9.17, 15) is 15.2 Å². The number of carbonyl (C=O) groups excluding carboxylic acids is 1. The van der Waals surface area contributed by atoms with E-state index in [2.05, 4.69) is 39.1 Å². The Labute approximate surface area is 228 Å². The van der Waals surface area contributed by atoms with Gasteiger partial charge in [-0.3, -0.25) is 4.79 Å². The quantitative estimate of drug-likeness (QED) is 0.224. The minimum Gasteiger partial charge on any atom is -0.393 e. The smallest absolute Gasteiger partial charge is 0.272 e. The summed E-state index contributed by atoms with van der Waals surface area (Å²) in [5, 5.41) is 29.1. The number of nitrogens with zero attached hydrogens (tertiary/aromatic N) is 3. The molecule has 39 heavy (non-hydrogen) atoms. The van der Waals surface area contributed by atoms with E-state index in [0.29, 0.717) is 22.6 Å². The standard InChI is InChI=1S/C31H32N6O2/c1-2-36-17-3-4-30(36)31(39)35-25-7-5-24(6-8-25)34-29-14-11-26(20-22(29)21-32)33-23-9-12-27(13-10-23)37-18-15-28(38)16-19-37/h3-14,17,20,28,33-34,38H,2,15-16,18-19H2,1H3,(H,35,39). The summed E-state index contributed by atoms with van der Waals surface area (Å²) < 4.78 is 1.89. The molecular formula is C31H32N6O2. The molecule has 1 fully saturated rings. The van der Waals surface area contributed by atoms with Crippen molar-refractivity contribution >= 4 is 40.0 Å². The summed E-state index contributed by atoms with van der Waals surface area (Å²) in [7, 11) is 0. The van der Waals surface area contributed by atoms with Gasteiger partial charge in [-0.25, -0.2) is 0 Å². The zero-order valence-corrected chi connectivity index (χ0v) is 21.9. The van der Waals surface area contributed by atoms with E-state index in [4.69, 9.17) is 0 Å². The summed E-state index contributed by atoms with van der Waals surface area (Å²) >= 11 is 0. The lowest BCUT2D eigenvalue weighted by Gasteiger charge is -2.31. The van der Waals surface area contributed by atoms with Crippen LogP contribution in [0.5, 0.6) is 0 Å². The molecule has 0 atom stereocenters. The van der Waals surface area contributed by atoms with Crippen molar-refractivity contribution in [3.05, 3.63) is 96.3 Å². The van der Waals surface area contributed by atoms with Crippen molar-refractivity contribution in [2.45, 2.75) is 32.4 Å². The number of aromatic nitrogens is 1. The van der Waals surface area contributed by atoms with Crippen LogP contribution in [-0.4, -0.2) is 34.8 Å². The van der Waals surface area contributed by atoms with Gasteiger partial charge in [-0.05, 0) is 98.6 Å². The summed E-state index contributed by atoms with van der Waals surface area (Å²) in [6.07, 6.45) is 3.29. The molecule has 198 valence electrons. The highest BCUT2D eigenvalue weighted by Crippen LogP contribution is 2.28. The summed E-state index contributed by atoms with van der Waals surface area (Å²) in [5.41, 5.74) is 6.23. The van der Waals surface area contributed by atoms with Gasteiger partial charge in [0, 0.05) is 54.3 Å². The molecule has 1 aliphatic rings. The molecule has 1 aromatic heterocycles. The monoisotopic (exact) mass is 520 g/mol. The lowest BCUT2D eigenvalue weighted by Crippen LogP contribution is -2.35. The Morgan fingerprint density at radius 1 is 0.923 bits per heavy atom. The maximum absolute atomic E-state index is 12.6. The lowest BCUT2D eigenvalue weighted by atomic mass is 10.1. The molecule has 1 amide bonds. The second-order valence-electron chi connectivity index (χ2n) is 9.60. The van der Waals surface area contributed by atoms with Crippen LogP contribution in [-0.2, 0) is 6.54 Å². The fourth-order valence-corrected chi connectivity index (χ4v) is 4.75. The van der Waals surface area contributed by atoms with Crippen LogP contribution in [0.2, 0.25) is 0 Å². The van der Waals surface area contributed by atoms with Crippen molar-refractivity contribution in [3.63, 3.8) is 0 Å². The highest BCUT2D eigenvalue weighted by atomic mass is 16.3. The molecule has 0 radical (unpaired) electrons. The first-order chi connectivity index (χ1) is 19.0. The van der Waals surface area contributed by atoms with E-state index >= 15 is 0 Å². The number of benzene rings is 3.